The number of aryl methyl sites for hydroxylation is 4. The lowest BCUT2D eigenvalue weighted by molar-refractivity contribution is -0.132. The minimum absolute atomic E-state index is 0.0601. The standard InChI is InChI=1S/C23H28N2O2/c1-17-4-7-20(8-5-17)9-11-22(26)24-12-14-25(15-13-24)23(27)21-10-6-18(2)19(3)16-21/h4-8,10,16H,9,11-15H2,1-3H3. The van der Waals surface area contributed by atoms with Gasteiger partial charge >= 0.3 is 0 Å². The average Bonchev–Trinajstić information content (AvgIpc) is 2.69. The third-order valence-corrected chi connectivity index (χ3v) is 5.42. The van der Waals surface area contributed by atoms with Crippen LogP contribution in [0.1, 0.15) is 39.0 Å². The molecule has 0 N–H and O–H groups in total. The quantitative estimate of drug-likeness (QED) is 0.833. The summed E-state index contributed by atoms with van der Waals surface area (Å²) in [5.41, 5.74) is 5.48. The number of hydrogen-bond donors (Lipinski definition) is 0. The highest BCUT2D eigenvalue weighted by atomic mass is 16.2. The van der Waals surface area contributed by atoms with Gasteiger partial charge in [-0.2, -0.15) is 0 Å². The van der Waals surface area contributed by atoms with E-state index < -0.39 is 0 Å². The van der Waals surface area contributed by atoms with Gasteiger partial charge in [0.15, 0.2) is 0 Å². The fraction of sp³-hybridized carbons (Fsp3) is 0.391. The van der Waals surface area contributed by atoms with Crippen molar-refractivity contribution in [2.45, 2.75) is 33.6 Å². The normalized spacial score (nSPS) is 14.3. The van der Waals surface area contributed by atoms with Crippen molar-refractivity contribution in [2.24, 2.45) is 0 Å². The Balaban J connectivity index is 1.50. The molecule has 0 saturated carbocycles. The minimum Gasteiger partial charge on any atom is -0.339 e. The van der Waals surface area contributed by atoms with Crippen molar-refractivity contribution in [3.8, 4) is 0 Å². The maximum Gasteiger partial charge on any atom is 0.253 e. The zero-order chi connectivity index (χ0) is 19.4. The first kappa shape index (κ1) is 19.2. The van der Waals surface area contributed by atoms with Crippen molar-refractivity contribution in [3.05, 3.63) is 70.3 Å². The van der Waals surface area contributed by atoms with E-state index in [1.807, 2.05) is 41.8 Å². The van der Waals surface area contributed by atoms with Crippen LogP contribution in [0.2, 0.25) is 0 Å². The first-order valence-corrected chi connectivity index (χ1v) is 9.64. The van der Waals surface area contributed by atoms with Crippen LogP contribution in [-0.2, 0) is 11.2 Å². The summed E-state index contributed by atoms with van der Waals surface area (Å²) < 4.78 is 0. The summed E-state index contributed by atoms with van der Waals surface area (Å²) in [5.74, 6) is 0.235. The molecule has 0 spiro atoms. The summed E-state index contributed by atoms with van der Waals surface area (Å²) in [6.45, 7) is 8.56. The lowest BCUT2D eigenvalue weighted by Crippen LogP contribution is -2.50. The molecule has 0 atom stereocenters. The molecule has 142 valence electrons. The fourth-order valence-corrected chi connectivity index (χ4v) is 3.38. The molecule has 1 fully saturated rings. The van der Waals surface area contributed by atoms with Gasteiger partial charge in [0.2, 0.25) is 5.91 Å². The molecule has 3 rings (SSSR count). The molecule has 1 heterocycles. The predicted octanol–water partition coefficient (Wildman–Crippen LogP) is 3.53. The van der Waals surface area contributed by atoms with Gasteiger partial charge in [-0.15, -0.1) is 0 Å². The van der Waals surface area contributed by atoms with Crippen LogP contribution in [0, 0.1) is 20.8 Å². The molecular weight excluding hydrogens is 336 g/mol. The molecule has 0 unspecified atom stereocenters. The highest BCUT2D eigenvalue weighted by Gasteiger charge is 2.24. The van der Waals surface area contributed by atoms with E-state index in [0.717, 1.165) is 17.5 Å². The Kier molecular flexibility index (Phi) is 5.94. The summed E-state index contributed by atoms with van der Waals surface area (Å²) in [4.78, 5) is 28.9. The van der Waals surface area contributed by atoms with E-state index in [1.165, 1.54) is 16.7 Å². The summed E-state index contributed by atoms with van der Waals surface area (Å²) in [6.07, 6.45) is 1.29. The van der Waals surface area contributed by atoms with E-state index in [0.29, 0.717) is 32.6 Å². The summed E-state index contributed by atoms with van der Waals surface area (Å²) in [7, 11) is 0. The Labute approximate surface area is 161 Å². The highest BCUT2D eigenvalue weighted by Crippen LogP contribution is 2.14. The van der Waals surface area contributed by atoms with Crippen LogP contribution >= 0.6 is 0 Å². The second-order valence-corrected chi connectivity index (χ2v) is 7.46. The monoisotopic (exact) mass is 364 g/mol. The highest BCUT2D eigenvalue weighted by molar-refractivity contribution is 5.94. The smallest absolute Gasteiger partial charge is 0.253 e. The molecule has 1 aliphatic heterocycles. The molecule has 0 aromatic heterocycles. The van der Waals surface area contributed by atoms with E-state index >= 15 is 0 Å². The number of nitrogens with zero attached hydrogens (tertiary/aromatic N) is 2. The molecule has 0 bridgehead atoms. The molecule has 27 heavy (non-hydrogen) atoms. The van der Waals surface area contributed by atoms with Gasteiger partial charge in [0.1, 0.15) is 0 Å². The van der Waals surface area contributed by atoms with Gasteiger partial charge in [-0.1, -0.05) is 35.9 Å². The third kappa shape index (κ3) is 4.76. The summed E-state index contributed by atoms with van der Waals surface area (Å²) in [5, 5.41) is 0. The number of carbonyl (C=O) groups is 2. The van der Waals surface area contributed by atoms with Gasteiger partial charge in [-0.05, 0) is 56.0 Å². The Morgan fingerprint density at radius 2 is 1.44 bits per heavy atom. The van der Waals surface area contributed by atoms with Crippen LogP contribution in [0.4, 0.5) is 0 Å². The Morgan fingerprint density at radius 1 is 0.815 bits per heavy atom. The first-order chi connectivity index (χ1) is 12.9. The second kappa shape index (κ2) is 8.38. The van der Waals surface area contributed by atoms with Crippen LogP contribution in [0.5, 0.6) is 0 Å². The minimum atomic E-state index is 0.0601. The van der Waals surface area contributed by atoms with Crippen molar-refractivity contribution in [3.63, 3.8) is 0 Å². The topological polar surface area (TPSA) is 40.6 Å². The average molecular weight is 364 g/mol. The van der Waals surface area contributed by atoms with Crippen LogP contribution in [0.25, 0.3) is 0 Å². The number of amides is 2. The van der Waals surface area contributed by atoms with Crippen LogP contribution in [-0.4, -0.2) is 47.8 Å². The molecule has 4 nitrogen and oxygen atoms in total. The largest absolute Gasteiger partial charge is 0.339 e. The molecule has 2 aromatic rings. The Bertz CT molecular complexity index is 819. The molecule has 0 aliphatic carbocycles. The van der Waals surface area contributed by atoms with E-state index in [9.17, 15) is 9.59 Å². The van der Waals surface area contributed by atoms with Gasteiger partial charge < -0.3 is 9.80 Å². The zero-order valence-electron chi connectivity index (χ0n) is 16.5. The van der Waals surface area contributed by atoms with Crippen molar-refractivity contribution >= 4 is 11.8 Å². The molecule has 2 aromatic carbocycles. The van der Waals surface area contributed by atoms with E-state index in [4.69, 9.17) is 0 Å². The third-order valence-electron chi connectivity index (χ3n) is 5.42. The summed E-state index contributed by atoms with van der Waals surface area (Å²) >= 11 is 0. The maximum absolute atomic E-state index is 12.7. The lowest BCUT2D eigenvalue weighted by atomic mass is 10.1. The SMILES string of the molecule is Cc1ccc(CCC(=O)N2CCN(C(=O)c3ccc(C)c(C)c3)CC2)cc1. The molecule has 4 heteroatoms. The summed E-state index contributed by atoms with van der Waals surface area (Å²) in [6, 6.07) is 14.2. The molecule has 0 radical (unpaired) electrons. The number of benzene rings is 2. The molecule has 1 saturated heterocycles. The van der Waals surface area contributed by atoms with Crippen molar-refractivity contribution < 1.29 is 9.59 Å². The number of hydrogen-bond acceptors (Lipinski definition) is 2. The van der Waals surface area contributed by atoms with Crippen molar-refractivity contribution in [2.75, 3.05) is 26.2 Å². The number of rotatable bonds is 4. The van der Waals surface area contributed by atoms with E-state index in [1.54, 1.807) is 0 Å². The first-order valence-electron chi connectivity index (χ1n) is 9.64. The maximum atomic E-state index is 12.7. The van der Waals surface area contributed by atoms with Crippen molar-refractivity contribution in [1.29, 1.82) is 0 Å². The number of carbonyl (C=O) groups excluding carboxylic acids is 2. The Hall–Kier alpha value is -2.62. The zero-order valence-corrected chi connectivity index (χ0v) is 16.5. The van der Waals surface area contributed by atoms with Gasteiger partial charge in [-0.3, -0.25) is 9.59 Å². The molecular formula is C23H28N2O2. The lowest BCUT2D eigenvalue weighted by Gasteiger charge is -2.35. The second-order valence-electron chi connectivity index (χ2n) is 7.46. The number of piperazine rings is 1. The van der Waals surface area contributed by atoms with Gasteiger partial charge in [0.25, 0.3) is 5.91 Å². The van der Waals surface area contributed by atoms with Crippen molar-refractivity contribution in [1.82, 2.24) is 9.80 Å². The molecule has 2 amide bonds. The van der Waals surface area contributed by atoms with Crippen LogP contribution in [0.3, 0.4) is 0 Å². The van der Waals surface area contributed by atoms with Crippen LogP contribution < -0.4 is 0 Å². The van der Waals surface area contributed by atoms with Gasteiger partial charge in [-0.25, -0.2) is 0 Å². The van der Waals surface area contributed by atoms with Gasteiger partial charge in [0.05, 0.1) is 0 Å². The fourth-order valence-electron chi connectivity index (χ4n) is 3.38. The van der Waals surface area contributed by atoms with E-state index in [-0.39, 0.29) is 11.8 Å². The Morgan fingerprint density at radius 3 is 2.07 bits per heavy atom. The van der Waals surface area contributed by atoms with Crippen LogP contribution in [0.15, 0.2) is 42.5 Å². The van der Waals surface area contributed by atoms with E-state index in [2.05, 4.69) is 31.2 Å². The van der Waals surface area contributed by atoms with Gasteiger partial charge in [0, 0.05) is 38.2 Å². The molecule has 1 aliphatic rings. The predicted molar refractivity (Wildman–Crippen MR) is 108 cm³/mol.